The van der Waals surface area contributed by atoms with Crippen molar-refractivity contribution in [3.63, 3.8) is 0 Å². The van der Waals surface area contributed by atoms with Crippen molar-refractivity contribution in [2.24, 2.45) is 0 Å². The highest BCUT2D eigenvalue weighted by molar-refractivity contribution is 5.76. The SMILES string of the molecule is Cc1cccc(CCC(=O)N2CCOC(CC(=O)O)C2)c1. The molecule has 1 heterocycles. The predicted octanol–water partition coefficient (Wildman–Crippen LogP) is 1.63. The van der Waals surface area contributed by atoms with Crippen LogP contribution in [0.2, 0.25) is 0 Å². The largest absolute Gasteiger partial charge is 0.481 e. The molecule has 2 rings (SSSR count). The van der Waals surface area contributed by atoms with Gasteiger partial charge in [0.25, 0.3) is 0 Å². The van der Waals surface area contributed by atoms with E-state index in [1.54, 1.807) is 4.90 Å². The molecule has 0 saturated carbocycles. The van der Waals surface area contributed by atoms with E-state index < -0.39 is 5.97 Å². The average Bonchev–Trinajstić information content (AvgIpc) is 2.44. The summed E-state index contributed by atoms with van der Waals surface area (Å²) < 4.78 is 5.37. The molecule has 1 aromatic rings. The Morgan fingerprint density at radius 2 is 2.24 bits per heavy atom. The van der Waals surface area contributed by atoms with Gasteiger partial charge < -0.3 is 14.7 Å². The van der Waals surface area contributed by atoms with Crippen LogP contribution in [0.3, 0.4) is 0 Å². The molecule has 5 nitrogen and oxygen atoms in total. The summed E-state index contributed by atoms with van der Waals surface area (Å²) in [7, 11) is 0. The van der Waals surface area contributed by atoms with Crippen LogP contribution in [-0.2, 0) is 20.7 Å². The highest BCUT2D eigenvalue weighted by Crippen LogP contribution is 2.12. The summed E-state index contributed by atoms with van der Waals surface area (Å²) in [5, 5.41) is 8.79. The van der Waals surface area contributed by atoms with Crippen molar-refractivity contribution in [3.8, 4) is 0 Å². The number of hydrogen-bond donors (Lipinski definition) is 1. The van der Waals surface area contributed by atoms with E-state index in [2.05, 4.69) is 6.07 Å². The molecule has 0 aliphatic carbocycles. The summed E-state index contributed by atoms with van der Waals surface area (Å²) in [5.74, 6) is -0.829. The van der Waals surface area contributed by atoms with E-state index in [1.807, 2.05) is 25.1 Å². The van der Waals surface area contributed by atoms with Gasteiger partial charge in [-0.2, -0.15) is 0 Å². The Labute approximate surface area is 124 Å². The van der Waals surface area contributed by atoms with E-state index in [0.29, 0.717) is 32.5 Å². The van der Waals surface area contributed by atoms with Crippen molar-refractivity contribution in [1.29, 1.82) is 0 Å². The minimum absolute atomic E-state index is 0.0539. The number of rotatable bonds is 5. The third-order valence-electron chi connectivity index (χ3n) is 3.60. The summed E-state index contributed by atoms with van der Waals surface area (Å²) in [6.45, 7) is 3.36. The highest BCUT2D eigenvalue weighted by atomic mass is 16.5. The number of carboxylic acid groups (broad SMARTS) is 1. The smallest absolute Gasteiger partial charge is 0.306 e. The molecule has 21 heavy (non-hydrogen) atoms. The molecule has 1 aromatic carbocycles. The molecule has 1 aliphatic heterocycles. The Morgan fingerprint density at radius 3 is 2.95 bits per heavy atom. The van der Waals surface area contributed by atoms with Crippen molar-refractivity contribution in [3.05, 3.63) is 35.4 Å². The normalized spacial score (nSPS) is 18.5. The van der Waals surface area contributed by atoms with Crippen LogP contribution in [-0.4, -0.2) is 47.7 Å². The maximum atomic E-state index is 12.2. The Bertz CT molecular complexity index is 515. The van der Waals surface area contributed by atoms with E-state index in [0.717, 1.165) is 5.56 Å². The number of amides is 1. The average molecular weight is 291 g/mol. The van der Waals surface area contributed by atoms with Gasteiger partial charge in [-0.15, -0.1) is 0 Å². The summed E-state index contributed by atoms with van der Waals surface area (Å²) in [4.78, 5) is 24.6. The number of ether oxygens (including phenoxy) is 1. The van der Waals surface area contributed by atoms with E-state index >= 15 is 0 Å². The Balaban J connectivity index is 1.83. The summed E-state index contributed by atoms with van der Waals surface area (Å²) in [6, 6.07) is 8.13. The first-order valence-corrected chi connectivity index (χ1v) is 7.21. The van der Waals surface area contributed by atoms with Gasteiger partial charge in [0.05, 0.1) is 19.1 Å². The molecule has 1 N–H and O–H groups in total. The molecule has 5 heteroatoms. The number of nitrogens with zero attached hydrogens (tertiary/aromatic N) is 1. The lowest BCUT2D eigenvalue weighted by atomic mass is 10.1. The zero-order valence-electron chi connectivity index (χ0n) is 12.2. The van der Waals surface area contributed by atoms with Gasteiger partial charge in [-0.05, 0) is 18.9 Å². The van der Waals surface area contributed by atoms with Gasteiger partial charge in [0.15, 0.2) is 0 Å². The first-order valence-electron chi connectivity index (χ1n) is 7.21. The number of benzene rings is 1. The van der Waals surface area contributed by atoms with Crippen LogP contribution < -0.4 is 0 Å². The first kappa shape index (κ1) is 15.5. The molecule has 0 radical (unpaired) electrons. The van der Waals surface area contributed by atoms with Crippen LogP contribution in [0.4, 0.5) is 0 Å². The van der Waals surface area contributed by atoms with E-state index in [-0.39, 0.29) is 18.4 Å². The molecular formula is C16H21NO4. The third kappa shape index (κ3) is 4.86. The van der Waals surface area contributed by atoms with Crippen LogP contribution in [0.5, 0.6) is 0 Å². The Hall–Kier alpha value is -1.88. The van der Waals surface area contributed by atoms with E-state index in [9.17, 15) is 9.59 Å². The third-order valence-corrected chi connectivity index (χ3v) is 3.60. The second-order valence-electron chi connectivity index (χ2n) is 5.42. The number of aryl methyl sites for hydroxylation is 2. The molecular weight excluding hydrogens is 270 g/mol. The topological polar surface area (TPSA) is 66.8 Å². The monoisotopic (exact) mass is 291 g/mol. The fraction of sp³-hybridized carbons (Fsp3) is 0.500. The molecule has 0 spiro atoms. The lowest BCUT2D eigenvalue weighted by molar-refractivity contribution is -0.147. The van der Waals surface area contributed by atoms with Crippen LogP contribution in [0.15, 0.2) is 24.3 Å². The maximum absolute atomic E-state index is 12.2. The minimum atomic E-state index is -0.894. The Kier molecular flexibility index (Phi) is 5.33. The number of morpholine rings is 1. The molecule has 1 unspecified atom stereocenters. The van der Waals surface area contributed by atoms with Gasteiger partial charge in [0, 0.05) is 19.5 Å². The number of aliphatic carboxylic acids is 1. The van der Waals surface area contributed by atoms with Crippen molar-refractivity contribution in [1.82, 2.24) is 4.90 Å². The standard InChI is InChI=1S/C16H21NO4/c1-12-3-2-4-13(9-12)5-6-15(18)17-7-8-21-14(11-17)10-16(19)20/h2-4,9,14H,5-8,10-11H2,1H3,(H,19,20). The highest BCUT2D eigenvalue weighted by Gasteiger charge is 2.25. The molecule has 0 aromatic heterocycles. The van der Waals surface area contributed by atoms with Gasteiger partial charge in [-0.3, -0.25) is 9.59 Å². The predicted molar refractivity (Wildman–Crippen MR) is 78.1 cm³/mol. The number of carboxylic acids is 1. The van der Waals surface area contributed by atoms with Gasteiger partial charge >= 0.3 is 5.97 Å². The molecule has 0 bridgehead atoms. The molecule has 1 aliphatic rings. The zero-order chi connectivity index (χ0) is 15.2. The van der Waals surface area contributed by atoms with Crippen molar-refractivity contribution < 1.29 is 19.4 Å². The number of carbonyl (C=O) groups excluding carboxylic acids is 1. The van der Waals surface area contributed by atoms with Crippen LogP contribution in [0.1, 0.15) is 24.0 Å². The van der Waals surface area contributed by atoms with E-state index in [1.165, 1.54) is 5.56 Å². The summed E-state index contributed by atoms with van der Waals surface area (Å²) in [6.07, 6.45) is 0.714. The van der Waals surface area contributed by atoms with E-state index in [4.69, 9.17) is 9.84 Å². The minimum Gasteiger partial charge on any atom is -0.481 e. The maximum Gasteiger partial charge on any atom is 0.306 e. The van der Waals surface area contributed by atoms with Crippen molar-refractivity contribution >= 4 is 11.9 Å². The van der Waals surface area contributed by atoms with Crippen LogP contribution in [0, 0.1) is 6.92 Å². The van der Waals surface area contributed by atoms with Crippen LogP contribution >= 0.6 is 0 Å². The van der Waals surface area contributed by atoms with Gasteiger partial charge in [0.1, 0.15) is 0 Å². The first-order chi connectivity index (χ1) is 10.0. The summed E-state index contributed by atoms with van der Waals surface area (Å²) >= 11 is 0. The van der Waals surface area contributed by atoms with Gasteiger partial charge in [-0.25, -0.2) is 0 Å². The number of hydrogen-bond acceptors (Lipinski definition) is 3. The zero-order valence-corrected chi connectivity index (χ0v) is 12.2. The molecule has 1 amide bonds. The number of carbonyl (C=O) groups is 2. The molecule has 1 fully saturated rings. The molecule has 1 saturated heterocycles. The van der Waals surface area contributed by atoms with Gasteiger partial charge in [0.2, 0.25) is 5.91 Å². The van der Waals surface area contributed by atoms with Crippen molar-refractivity contribution in [2.45, 2.75) is 32.3 Å². The van der Waals surface area contributed by atoms with Crippen LogP contribution in [0.25, 0.3) is 0 Å². The second-order valence-corrected chi connectivity index (χ2v) is 5.42. The van der Waals surface area contributed by atoms with Crippen molar-refractivity contribution in [2.75, 3.05) is 19.7 Å². The summed E-state index contributed by atoms with van der Waals surface area (Å²) in [5.41, 5.74) is 2.34. The lowest BCUT2D eigenvalue weighted by Gasteiger charge is -2.32. The fourth-order valence-corrected chi connectivity index (χ4v) is 2.54. The quantitative estimate of drug-likeness (QED) is 0.895. The Morgan fingerprint density at radius 1 is 1.43 bits per heavy atom. The molecule has 1 atom stereocenters. The second kappa shape index (κ2) is 7.22. The fourth-order valence-electron chi connectivity index (χ4n) is 2.54. The van der Waals surface area contributed by atoms with Gasteiger partial charge in [-0.1, -0.05) is 29.8 Å². The molecule has 114 valence electrons. The lowest BCUT2D eigenvalue weighted by Crippen LogP contribution is -2.46.